The summed E-state index contributed by atoms with van der Waals surface area (Å²) in [5.41, 5.74) is 12.6. The van der Waals surface area contributed by atoms with E-state index in [1.165, 1.54) is 50.4 Å². The van der Waals surface area contributed by atoms with Gasteiger partial charge in [0.1, 0.15) is 5.75 Å². The van der Waals surface area contributed by atoms with Gasteiger partial charge in [-0.3, -0.25) is 0 Å². The summed E-state index contributed by atoms with van der Waals surface area (Å²) in [5, 5.41) is 0. The minimum atomic E-state index is 0. The van der Waals surface area contributed by atoms with Gasteiger partial charge in [0.25, 0.3) is 0 Å². The molecule has 3 aromatic rings. The Balaban J connectivity index is 0.00000306. The Bertz CT molecular complexity index is 1160. The highest BCUT2D eigenvalue weighted by Gasteiger charge is 2.35. The van der Waals surface area contributed by atoms with Crippen LogP contribution in [0.15, 0.2) is 42.5 Å². The summed E-state index contributed by atoms with van der Waals surface area (Å²) >= 11 is 0. The molecule has 1 heterocycles. The average molecular weight is 511 g/mol. The lowest BCUT2D eigenvalue weighted by atomic mass is 9.76. The smallest absolute Gasteiger partial charge is 0.127 e. The van der Waals surface area contributed by atoms with E-state index in [0.29, 0.717) is 0 Å². The summed E-state index contributed by atoms with van der Waals surface area (Å²) in [4.78, 5) is 6.63. The molecule has 0 N–H and O–H groups in total. The highest BCUT2D eigenvalue weighted by atomic mass is 79.9. The Labute approximate surface area is 209 Å². The Morgan fingerprint density at radius 2 is 1.33 bits per heavy atom. The minimum absolute atomic E-state index is 0. The van der Waals surface area contributed by atoms with E-state index in [1.54, 1.807) is 7.11 Å². The highest BCUT2D eigenvalue weighted by Crippen LogP contribution is 2.54. The largest absolute Gasteiger partial charge is 0.496 e. The van der Waals surface area contributed by atoms with Gasteiger partial charge in [-0.1, -0.05) is 23.8 Å². The normalized spacial score (nSPS) is 14.2. The third-order valence-corrected chi connectivity index (χ3v) is 6.72. The Morgan fingerprint density at radius 1 is 0.758 bits per heavy atom. The van der Waals surface area contributed by atoms with E-state index >= 15 is 0 Å². The van der Waals surface area contributed by atoms with Gasteiger partial charge in [-0.2, -0.15) is 0 Å². The van der Waals surface area contributed by atoms with Crippen LogP contribution in [0.25, 0.3) is 0 Å². The SMILES string of the molecule is Br.COc1cc(N(C)C)cc2c1C(c1c(C)cc(C)cc1C)c1ccc(N(C)C)cc1N2C. The number of hydrogen-bond donors (Lipinski definition) is 0. The molecule has 1 unspecified atom stereocenters. The second kappa shape index (κ2) is 9.30. The van der Waals surface area contributed by atoms with Crippen molar-refractivity contribution in [3.63, 3.8) is 0 Å². The van der Waals surface area contributed by atoms with Crippen LogP contribution in [0.2, 0.25) is 0 Å². The zero-order chi connectivity index (χ0) is 23.3. The Morgan fingerprint density at radius 3 is 1.88 bits per heavy atom. The van der Waals surface area contributed by atoms with E-state index in [0.717, 1.165) is 11.4 Å². The van der Waals surface area contributed by atoms with Crippen molar-refractivity contribution in [1.82, 2.24) is 0 Å². The zero-order valence-electron chi connectivity index (χ0n) is 21.3. The van der Waals surface area contributed by atoms with E-state index < -0.39 is 0 Å². The molecule has 1 aliphatic heterocycles. The summed E-state index contributed by atoms with van der Waals surface area (Å²) in [5.74, 6) is 1.05. The van der Waals surface area contributed by atoms with Crippen LogP contribution in [0.5, 0.6) is 5.75 Å². The molecule has 1 atom stereocenters. The van der Waals surface area contributed by atoms with Crippen molar-refractivity contribution in [2.45, 2.75) is 26.7 Å². The molecular weight excluding hydrogens is 474 g/mol. The molecule has 4 nitrogen and oxygen atoms in total. The van der Waals surface area contributed by atoms with Gasteiger partial charge >= 0.3 is 0 Å². The number of hydrogen-bond acceptors (Lipinski definition) is 4. The maximum absolute atomic E-state index is 6.02. The molecule has 0 aliphatic carbocycles. The van der Waals surface area contributed by atoms with Gasteiger partial charge in [0.2, 0.25) is 0 Å². The van der Waals surface area contributed by atoms with Crippen LogP contribution < -0.4 is 19.4 Å². The lowest BCUT2D eigenvalue weighted by Crippen LogP contribution is -2.25. The first-order valence-electron chi connectivity index (χ1n) is 11.2. The van der Waals surface area contributed by atoms with E-state index in [4.69, 9.17) is 4.74 Å². The molecule has 33 heavy (non-hydrogen) atoms. The Kier molecular flexibility index (Phi) is 7.04. The van der Waals surface area contributed by atoms with Crippen LogP contribution in [0.4, 0.5) is 22.7 Å². The number of anilines is 4. The van der Waals surface area contributed by atoms with Crippen molar-refractivity contribution in [2.24, 2.45) is 0 Å². The topological polar surface area (TPSA) is 19.0 Å². The molecule has 4 rings (SSSR count). The van der Waals surface area contributed by atoms with E-state index in [2.05, 4.69) is 113 Å². The van der Waals surface area contributed by atoms with Crippen molar-refractivity contribution in [1.29, 1.82) is 0 Å². The second-order valence-corrected chi connectivity index (χ2v) is 9.42. The monoisotopic (exact) mass is 509 g/mol. The molecule has 0 saturated carbocycles. The molecule has 3 aromatic carbocycles. The predicted octanol–water partition coefficient (Wildman–Crippen LogP) is 6.59. The fraction of sp³-hybridized carbons (Fsp3) is 0.357. The number of aryl methyl sites for hydroxylation is 3. The third-order valence-electron chi connectivity index (χ3n) is 6.72. The lowest BCUT2D eigenvalue weighted by Gasteiger charge is -2.39. The van der Waals surface area contributed by atoms with Gasteiger partial charge in [-0.05, 0) is 61.2 Å². The summed E-state index contributed by atoms with van der Waals surface area (Å²) in [6.07, 6.45) is 0. The number of ether oxygens (including phenoxy) is 1. The quantitative estimate of drug-likeness (QED) is 0.394. The molecule has 0 aromatic heterocycles. The van der Waals surface area contributed by atoms with Crippen molar-refractivity contribution in [2.75, 3.05) is 57.0 Å². The number of benzene rings is 3. The first-order chi connectivity index (χ1) is 15.1. The van der Waals surface area contributed by atoms with Gasteiger partial charge in [-0.15, -0.1) is 17.0 Å². The van der Waals surface area contributed by atoms with Crippen molar-refractivity contribution in [3.8, 4) is 5.75 Å². The summed E-state index contributed by atoms with van der Waals surface area (Å²) in [7, 11) is 12.3. The van der Waals surface area contributed by atoms with Crippen LogP contribution in [0.3, 0.4) is 0 Å². The van der Waals surface area contributed by atoms with E-state index in [-0.39, 0.29) is 22.9 Å². The van der Waals surface area contributed by atoms with Crippen molar-refractivity contribution in [3.05, 3.63) is 75.8 Å². The molecule has 0 bridgehead atoms. The van der Waals surface area contributed by atoms with Crippen LogP contribution in [0, 0.1) is 20.8 Å². The average Bonchev–Trinajstić information content (AvgIpc) is 2.74. The second-order valence-electron chi connectivity index (χ2n) is 9.42. The molecule has 5 heteroatoms. The maximum Gasteiger partial charge on any atom is 0.127 e. The summed E-state index contributed by atoms with van der Waals surface area (Å²) in [6.45, 7) is 6.65. The molecule has 1 aliphatic rings. The molecule has 0 fully saturated rings. The highest BCUT2D eigenvalue weighted by molar-refractivity contribution is 8.93. The van der Waals surface area contributed by atoms with Crippen LogP contribution in [0.1, 0.15) is 39.3 Å². The first-order valence-corrected chi connectivity index (χ1v) is 11.2. The number of nitrogens with zero attached hydrogens (tertiary/aromatic N) is 3. The third kappa shape index (κ3) is 4.19. The summed E-state index contributed by atoms with van der Waals surface area (Å²) in [6, 6.07) is 15.9. The van der Waals surface area contributed by atoms with Gasteiger partial charge in [-0.25, -0.2) is 0 Å². The molecular formula is C28H36BrN3O. The lowest BCUT2D eigenvalue weighted by molar-refractivity contribution is 0.409. The van der Waals surface area contributed by atoms with Crippen LogP contribution >= 0.6 is 17.0 Å². The first kappa shape index (κ1) is 25.0. The van der Waals surface area contributed by atoms with Gasteiger partial charge < -0.3 is 19.4 Å². The van der Waals surface area contributed by atoms with Crippen LogP contribution in [-0.2, 0) is 0 Å². The number of rotatable bonds is 4. The van der Waals surface area contributed by atoms with E-state index in [1.807, 2.05) is 0 Å². The standard InChI is InChI=1S/C28H35N3O.BrH/c1-17-12-18(2)26(19(3)13-17)27-22-11-10-20(29(4)5)14-23(22)31(8)24-15-21(30(6)7)16-25(32-9)28(24)27;/h10-16,27H,1-9H3;1H. The predicted molar refractivity (Wildman–Crippen MR) is 148 cm³/mol. The van der Waals surface area contributed by atoms with E-state index in [9.17, 15) is 0 Å². The number of methoxy groups -OCH3 is 1. The fourth-order valence-electron chi connectivity index (χ4n) is 5.17. The number of halogens is 1. The van der Waals surface area contributed by atoms with Crippen molar-refractivity contribution >= 4 is 39.7 Å². The summed E-state index contributed by atoms with van der Waals surface area (Å²) < 4.78 is 6.02. The molecule has 0 radical (unpaired) electrons. The molecule has 0 spiro atoms. The maximum atomic E-state index is 6.02. The van der Waals surface area contributed by atoms with Crippen molar-refractivity contribution < 1.29 is 4.74 Å². The number of fused-ring (bicyclic) bond motifs is 2. The molecule has 176 valence electrons. The van der Waals surface area contributed by atoms with Gasteiger partial charge in [0.15, 0.2) is 0 Å². The van der Waals surface area contributed by atoms with Gasteiger partial charge in [0.05, 0.1) is 12.8 Å². The fourth-order valence-corrected chi connectivity index (χ4v) is 5.17. The van der Waals surface area contributed by atoms with Gasteiger partial charge in [0, 0.05) is 69.8 Å². The zero-order valence-corrected chi connectivity index (χ0v) is 23.0. The Hall–Kier alpha value is -2.66. The minimum Gasteiger partial charge on any atom is -0.496 e. The van der Waals surface area contributed by atoms with Crippen LogP contribution in [-0.4, -0.2) is 42.3 Å². The molecule has 0 saturated heterocycles. The molecule has 0 amide bonds.